The van der Waals surface area contributed by atoms with Crippen molar-refractivity contribution in [2.24, 2.45) is 7.05 Å². The zero-order chi connectivity index (χ0) is 17.2. The lowest BCUT2D eigenvalue weighted by Crippen LogP contribution is -2.32. The van der Waals surface area contributed by atoms with Gasteiger partial charge in [0, 0.05) is 34.2 Å². The quantitative estimate of drug-likeness (QED) is 0.432. The molecule has 0 N–H and O–H groups in total. The number of benzene rings is 2. The van der Waals surface area contributed by atoms with E-state index in [-0.39, 0.29) is 0 Å². The molecule has 4 rings (SSSR count). The van der Waals surface area contributed by atoms with Gasteiger partial charge in [-0.3, -0.25) is 0 Å². The van der Waals surface area contributed by atoms with Crippen molar-refractivity contribution in [2.75, 3.05) is 0 Å². The largest absolute Gasteiger partial charge is 0.457 e. The molecular formula is C22H17ClNO+. The lowest BCUT2D eigenvalue weighted by Gasteiger charge is -1.99. The van der Waals surface area contributed by atoms with Gasteiger partial charge in [-0.15, -0.1) is 0 Å². The second-order valence-corrected chi connectivity index (χ2v) is 6.35. The van der Waals surface area contributed by atoms with Crippen molar-refractivity contribution in [1.82, 2.24) is 0 Å². The van der Waals surface area contributed by atoms with Crippen LogP contribution in [-0.4, -0.2) is 0 Å². The van der Waals surface area contributed by atoms with Crippen molar-refractivity contribution in [2.45, 2.75) is 0 Å². The third-order valence-electron chi connectivity index (χ3n) is 4.29. The van der Waals surface area contributed by atoms with Gasteiger partial charge in [-0.2, -0.15) is 4.57 Å². The minimum absolute atomic E-state index is 0.722. The van der Waals surface area contributed by atoms with Crippen LogP contribution < -0.4 is 4.57 Å². The van der Waals surface area contributed by atoms with Gasteiger partial charge in [0.2, 0.25) is 11.2 Å². The van der Waals surface area contributed by atoms with E-state index in [0.29, 0.717) is 0 Å². The fourth-order valence-corrected chi connectivity index (χ4v) is 3.03. The summed E-state index contributed by atoms with van der Waals surface area (Å²) in [4.78, 5) is 0. The molecule has 122 valence electrons. The van der Waals surface area contributed by atoms with Crippen LogP contribution in [0.25, 0.3) is 34.4 Å². The monoisotopic (exact) mass is 346 g/mol. The first-order valence-corrected chi connectivity index (χ1v) is 8.50. The summed E-state index contributed by atoms with van der Waals surface area (Å²) < 4.78 is 8.09. The van der Waals surface area contributed by atoms with Gasteiger partial charge in [0.05, 0.1) is 0 Å². The number of aromatic nitrogens is 1. The molecule has 0 bridgehead atoms. The van der Waals surface area contributed by atoms with E-state index in [2.05, 4.69) is 54.1 Å². The molecule has 0 aliphatic heterocycles. The fourth-order valence-electron chi connectivity index (χ4n) is 2.91. The van der Waals surface area contributed by atoms with E-state index in [1.807, 2.05) is 42.5 Å². The SMILES string of the molecule is C[n+]1c(/C=C/c2ccc(-c3ccc(Cl)cc3)o2)ccc2ccccc21. The van der Waals surface area contributed by atoms with Gasteiger partial charge in [0.1, 0.15) is 18.6 Å². The van der Waals surface area contributed by atoms with E-state index in [1.54, 1.807) is 0 Å². The molecule has 25 heavy (non-hydrogen) atoms. The van der Waals surface area contributed by atoms with E-state index in [9.17, 15) is 0 Å². The number of rotatable bonds is 3. The zero-order valence-corrected chi connectivity index (χ0v) is 14.6. The summed E-state index contributed by atoms with van der Waals surface area (Å²) in [5.41, 5.74) is 3.33. The highest BCUT2D eigenvalue weighted by Crippen LogP contribution is 2.24. The van der Waals surface area contributed by atoms with Gasteiger partial charge in [-0.25, -0.2) is 0 Å². The molecule has 0 unspecified atom stereocenters. The number of hydrogen-bond acceptors (Lipinski definition) is 1. The molecule has 0 saturated heterocycles. The number of para-hydroxylation sites is 1. The Kier molecular flexibility index (Phi) is 4.12. The molecule has 0 saturated carbocycles. The average Bonchev–Trinajstić information content (AvgIpc) is 3.11. The molecule has 0 radical (unpaired) electrons. The first-order valence-electron chi connectivity index (χ1n) is 8.12. The Balaban J connectivity index is 1.62. The molecule has 0 aliphatic rings. The Labute approximate surface area is 151 Å². The van der Waals surface area contributed by atoms with Crippen LogP contribution in [0.15, 0.2) is 77.2 Å². The molecule has 4 aromatic rings. The van der Waals surface area contributed by atoms with Crippen LogP contribution in [0.1, 0.15) is 11.5 Å². The maximum Gasteiger partial charge on any atom is 0.212 e. The smallest absolute Gasteiger partial charge is 0.212 e. The molecule has 0 fully saturated rings. The molecule has 2 heterocycles. The van der Waals surface area contributed by atoms with Crippen LogP contribution >= 0.6 is 11.6 Å². The van der Waals surface area contributed by atoms with Gasteiger partial charge >= 0.3 is 0 Å². The standard InChI is InChI=1S/C22H17ClNO/c1-24-19(11-8-16-4-2-3-5-21(16)24)12-13-20-14-15-22(25-20)17-6-9-18(23)10-7-17/h2-15H,1H3/q+1/b13-12+. The van der Waals surface area contributed by atoms with Crippen molar-refractivity contribution in [3.63, 3.8) is 0 Å². The molecule has 0 aliphatic carbocycles. The van der Waals surface area contributed by atoms with Crippen LogP contribution in [0, 0.1) is 0 Å². The lowest BCUT2D eigenvalue weighted by molar-refractivity contribution is -0.646. The minimum atomic E-state index is 0.722. The molecule has 0 amide bonds. The first kappa shape index (κ1) is 15.7. The number of pyridine rings is 1. The van der Waals surface area contributed by atoms with Crippen LogP contribution in [0.2, 0.25) is 5.02 Å². The lowest BCUT2D eigenvalue weighted by atomic mass is 10.2. The van der Waals surface area contributed by atoms with Crippen molar-refractivity contribution in [3.05, 3.63) is 89.3 Å². The molecule has 2 aromatic carbocycles. The minimum Gasteiger partial charge on any atom is -0.457 e. The van der Waals surface area contributed by atoms with E-state index in [4.69, 9.17) is 16.0 Å². The number of fused-ring (bicyclic) bond motifs is 1. The number of hydrogen-bond donors (Lipinski definition) is 0. The highest BCUT2D eigenvalue weighted by Gasteiger charge is 2.09. The van der Waals surface area contributed by atoms with Crippen LogP contribution in [0.5, 0.6) is 0 Å². The summed E-state index contributed by atoms with van der Waals surface area (Å²) in [6.45, 7) is 0. The van der Waals surface area contributed by atoms with Crippen molar-refractivity contribution in [1.29, 1.82) is 0 Å². The molecule has 0 spiro atoms. The topological polar surface area (TPSA) is 17.0 Å². The molecule has 3 heteroatoms. The van der Waals surface area contributed by atoms with Crippen LogP contribution in [-0.2, 0) is 7.05 Å². The molecule has 0 atom stereocenters. The van der Waals surface area contributed by atoms with E-state index in [0.717, 1.165) is 27.8 Å². The Morgan fingerprint density at radius 1 is 0.840 bits per heavy atom. The van der Waals surface area contributed by atoms with Crippen LogP contribution in [0.4, 0.5) is 0 Å². The number of aryl methyl sites for hydroxylation is 1. The third kappa shape index (κ3) is 3.21. The van der Waals surface area contributed by atoms with Gasteiger partial charge in [-0.1, -0.05) is 23.7 Å². The summed E-state index contributed by atoms with van der Waals surface area (Å²) >= 11 is 5.93. The van der Waals surface area contributed by atoms with Crippen molar-refractivity contribution in [3.8, 4) is 11.3 Å². The summed E-state index contributed by atoms with van der Waals surface area (Å²) in [7, 11) is 2.07. The zero-order valence-electron chi connectivity index (χ0n) is 13.8. The Morgan fingerprint density at radius 3 is 2.48 bits per heavy atom. The van der Waals surface area contributed by atoms with Gasteiger partial charge in [-0.05, 0) is 54.6 Å². The second-order valence-electron chi connectivity index (χ2n) is 5.92. The summed E-state index contributed by atoms with van der Waals surface area (Å²) in [5.74, 6) is 1.65. The fraction of sp³-hybridized carbons (Fsp3) is 0.0455. The summed E-state index contributed by atoms with van der Waals surface area (Å²) in [5, 5.41) is 1.95. The van der Waals surface area contributed by atoms with Crippen molar-refractivity contribution < 1.29 is 8.98 Å². The predicted molar refractivity (Wildman–Crippen MR) is 103 cm³/mol. The van der Waals surface area contributed by atoms with Gasteiger partial charge in [0.15, 0.2) is 0 Å². The number of furan rings is 1. The Hall–Kier alpha value is -2.84. The normalized spacial score (nSPS) is 11.4. The summed E-state index contributed by atoms with van der Waals surface area (Å²) in [6.07, 6.45) is 4.06. The highest BCUT2D eigenvalue weighted by atomic mass is 35.5. The maximum absolute atomic E-state index is 5.93. The van der Waals surface area contributed by atoms with Gasteiger partial charge in [0.25, 0.3) is 0 Å². The number of nitrogens with zero attached hydrogens (tertiary/aromatic N) is 1. The van der Waals surface area contributed by atoms with E-state index in [1.165, 1.54) is 10.9 Å². The summed E-state index contributed by atoms with van der Waals surface area (Å²) in [6, 6.07) is 24.2. The van der Waals surface area contributed by atoms with Crippen LogP contribution in [0.3, 0.4) is 0 Å². The average molecular weight is 347 g/mol. The first-order chi connectivity index (χ1) is 12.2. The van der Waals surface area contributed by atoms with Crippen molar-refractivity contribution >= 4 is 34.7 Å². The maximum atomic E-state index is 5.93. The van der Waals surface area contributed by atoms with E-state index >= 15 is 0 Å². The molecule has 2 nitrogen and oxygen atoms in total. The number of halogens is 1. The third-order valence-corrected chi connectivity index (χ3v) is 4.54. The molecular weight excluding hydrogens is 330 g/mol. The molecule has 2 aromatic heterocycles. The predicted octanol–water partition coefficient (Wildman–Crippen LogP) is 5.75. The Bertz CT molecular complexity index is 1060. The second kappa shape index (κ2) is 6.58. The van der Waals surface area contributed by atoms with Gasteiger partial charge < -0.3 is 4.42 Å². The highest BCUT2D eigenvalue weighted by molar-refractivity contribution is 6.30. The van der Waals surface area contributed by atoms with E-state index < -0.39 is 0 Å². The Morgan fingerprint density at radius 2 is 1.64 bits per heavy atom.